The molecule has 1 saturated heterocycles. The topological polar surface area (TPSA) is 32.8 Å². The van der Waals surface area contributed by atoms with E-state index < -0.39 is 5.60 Å². The van der Waals surface area contributed by atoms with Crippen LogP contribution in [0.25, 0.3) is 6.08 Å². The van der Waals surface area contributed by atoms with Crippen LogP contribution in [0.5, 0.6) is 0 Å². The van der Waals surface area contributed by atoms with Gasteiger partial charge in [0.2, 0.25) is 0 Å². The fourth-order valence-electron chi connectivity index (χ4n) is 2.40. The molecule has 0 aromatic heterocycles. The zero-order valence-corrected chi connectivity index (χ0v) is 13.1. The van der Waals surface area contributed by atoms with E-state index in [2.05, 4.69) is 23.6 Å². The van der Waals surface area contributed by atoms with E-state index in [-0.39, 0.29) is 6.09 Å². The third-order valence-electron chi connectivity index (χ3n) is 3.43. The van der Waals surface area contributed by atoms with Crippen LogP contribution in [0.3, 0.4) is 0 Å². The summed E-state index contributed by atoms with van der Waals surface area (Å²) in [6, 6.07) is 8.20. The molecule has 1 fully saturated rings. The van der Waals surface area contributed by atoms with E-state index in [1.807, 2.05) is 39.0 Å². The number of carbonyl (C=O) groups is 1. The van der Waals surface area contributed by atoms with Crippen LogP contribution < -0.4 is 4.90 Å². The lowest BCUT2D eigenvalue weighted by atomic mass is 10.1. The van der Waals surface area contributed by atoms with Crippen LogP contribution in [0.4, 0.5) is 10.5 Å². The number of piperazine rings is 1. The van der Waals surface area contributed by atoms with Crippen molar-refractivity contribution in [3.63, 3.8) is 0 Å². The number of amides is 1. The molecule has 0 spiro atoms. The van der Waals surface area contributed by atoms with Gasteiger partial charge in [-0.25, -0.2) is 4.79 Å². The van der Waals surface area contributed by atoms with Gasteiger partial charge in [-0.1, -0.05) is 30.9 Å². The highest BCUT2D eigenvalue weighted by Crippen LogP contribution is 2.23. The smallest absolute Gasteiger partial charge is 0.410 e. The number of rotatable bonds is 2. The van der Waals surface area contributed by atoms with Crippen molar-refractivity contribution in [3.8, 4) is 0 Å². The van der Waals surface area contributed by atoms with Crippen LogP contribution in [0, 0.1) is 0 Å². The van der Waals surface area contributed by atoms with Crippen molar-refractivity contribution < 1.29 is 9.53 Å². The zero-order valence-electron chi connectivity index (χ0n) is 13.1. The van der Waals surface area contributed by atoms with Gasteiger partial charge < -0.3 is 14.5 Å². The highest BCUT2D eigenvalue weighted by molar-refractivity contribution is 5.70. The van der Waals surface area contributed by atoms with E-state index in [9.17, 15) is 4.79 Å². The van der Waals surface area contributed by atoms with Crippen LogP contribution in [0.1, 0.15) is 26.3 Å². The maximum Gasteiger partial charge on any atom is 0.410 e. The first-order chi connectivity index (χ1) is 9.90. The molecule has 1 aromatic carbocycles. The minimum atomic E-state index is -0.441. The largest absolute Gasteiger partial charge is 0.444 e. The van der Waals surface area contributed by atoms with Crippen LogP contribution in [0.15, 0.2) is 30.8 Å². The van der Waals surface area contributed by atoms with Gasteiger partial charge in [0.15, 0.2) is 0 Å². The Morgan fingerprint density at radius 2 is 1.81 bits per heavy atom. The van der Waals surface area contributed by atoms with E-state index in [1.54, 1.807) is 4.90 Å². The molecule has 0 bridgehead atoms. The van der Waals surface area contributed by atoms with Crippen molar-refractivity contribution in [1.29, 1.82) is 0 Å². The number of hydrogen-bond acceptors (Lipinski definition) is 3. The predicted octanol–water partition coefficient (Wildman–Crippen LogP) is 3.39. The number of hydrogen-bond donors (Lipinski definition) is 0. The molecule has 2 rings (SSSR count). The highest BCUT2D eigenvalue weighted by atomic mass is 16.6. The summed E-state index contributed by atoms with van der Waals surface area (Å²) in [6.07, 6.45) is 1.65. The SMILES string of the molecule is C=Cc1ccccc1N1CCN(C(=O)OC(C)(C)C)CC1. The highest BCUT2D eigenvalue weighted by Gasteiger charge is 2.26. The summed E-state index contributed by atoms with van der Waals surface area (Å²) in [4.78, 5) is 16.1. The van der Waals surface area contributed by atoms with Gasteiger partial charge in [-0.2, -0.15) is 0 Å². The van der Waals surface area contributed by atoms with Gasteiger partial charge in [0.25, 0.3) is 0 Å². The molecule has 1 amide bonds. The number of benzene rings is 1. The van der Waals surface area contributed by atoms with Crippen LogP contribution in [0.2, 0.25) is 0 Å². The number of para-hydroxylation sites is 1. The fraction of sp³-hybridized carbons (Fsp3) is 0.471. The van der Waals surface area contributed by atoms with E-state index in [0.29, 0.717) is 13.1 Å². The second kappa shape index (κ2) is 6.20. The van der Waals surface area contributed by atoms with E-state index >= 15 is 0 Å². The Bertz CT molecular complexity index is 512. The Labute approximate surface area is 127 Å². The number of nitrogens with zero attached hydrogens (tertiary/aromatic N) is 2. The summed E-state index contributed by atoms with van der Waals surface area (Å²) in [7, 11) is 0. The Morgan fingerprint density at radius 3 is 2.38 bits per heavy atom. The van der Waals surface area contributed by atoms with Crippen molar-refractivity contribution >= 4 is 17.9 Å². The first-order valence-electron chi connectivity index (χ1n) is 7.35. The quantitative estimate of drug-likeness (QED) is 0.836. The molecule has 4 nitrogen and oxygen atoms in total. The monoisotopic (exact) mass is 288 g/mol. The zero-order chi connectivity index (χ0) is 15.5. The molecule has 0 saturated carbocycles. The van der Waals surface area contributed by atoms with Crippen molar-refractivity contribution in [1.82, 2.24) is 4.90 Å². The van der Waals surface area contributed by atoms with Gasteiger partial charge in [-0.05, 0) is 32.4 Å². The van der Waals surface area contributed by atoms with Gasteiger partial charge in [0.1, 0.15) is 5.60 Å². The van der Waals surface area contributed by atoms with Crippen molar-refractivity contribution in [2.24, 2.45) is 0 Å². The number of ether oxygens (including phenoxy) is 1. The molecule has 21 heavy (non-hydrogen) atoms. The minimum Gasteiger partial charge on any atom is -0.444 e. The second-order valence-electron chi connectivity index (χ2n) is 6.22. The second-order valence-corrected chi connectivity index (χ2v) is 6.22. The van der Waals surface area contributed by atoms with Crippen molar-refractivity contribution in [3.05, 3.63) is 36.4 Å². The van der Waals surface area contributed by atoms with Gasteiger partial charge in [-0.3, -0.25) is 0 Å². The molecule has 1 aliphatic heterocycles. The Morgan fingerprint density at radius 1 is 1.19 bits per heavy atom. The average molecular weight is 288 g/mol. The summed E-state index contributed by atoms with van der Waals surface area (Å²) < 4.78 is 5.42. The van der Waals surface area contributed by atoms with Crippen LogP contribution in [-0.4, -0.2) is 42.8 Å². The molecular formula is C17H24N2O2. The summed E-state index contributed by atoms with van der Waals surface area (Å²) in [5.74, 6) is 0. The molecule has 0 atom stereocenters. The molecule has 4 heteroatoms. The predicted molar refractivity (Wildman–Crippen MR) is 86.6 cm³/mol. The summed E-state index contributed by atoms with van der Waals surface area (Å²) in [5, 5.41) is 0. The maximum absolute atomic E-state index is 12.0. The Balaban J connectivity index is 1.97. The van der Waals surface area contributed by atoms with Gasteiger partial charge in [-0.15, -0.1) is 0 Å². The number of carbonyl (C=O) groups excluding carboxylic acids is 1. The summed E-state index contributed by atoms with van der Waals surface area (Å²) in [6.45, 7) is 12.5. The fourth-order valence-corrected chi connectivity index (χ4v) is 2.40. The molecule has 1 aromatic rings. The first kappa shape index (κ1) is 15.4. The maximum atomic E-state index is 12.0. The lowest BCUT2D eigenvalue weighted by Gasteiger charge is -2.37. The minimum absolute atomic E-state index is 0.223. The van der Waals surface area contributed by atoms with E-state index in [1.165, 1.54) is 5.69 Å². The van der Waals surface area contributed by atoms with Gasteiger partial charge in [0.05, 0.1) is 0 Å². The molecule has 0 radical (unpaired) electrons. The lowest BCUT2D eigenvalue weighted by Crippen LogP contribution is -2.50. The van der Waals surface area contributed by atoms with Crippen molar-refractivity contribution in [2.75, 3.05) is 31.1 Å². The van der Waals surface area contributed by atoms with Crippen molar-refractivity contribution in [2.45, 2.75) is 26.4 Å². The lowest BCUT2D eigenvalue weighted by molar-refractivity contribution is 0.0240. The molecule has 0 aliphatic carbocycles. The standard InChI is InChI=1S/C17H24N2O2/c1-5-14-8-6-7-9-15(14)18-10-12-19(13-11-18)16(20)21-17(2,3)4/h5-9H,1,10-13H2,2-4H3. The Hall–Kier alpha value is -1.97. The van der Waals surface area contributed by atoms with E-state index in [0.717, 1.165) is 18.7 Å². The molecule has 0 unspecified atom stereocenters. The first-order valence-corrected chi connectivity index (χ1v) is 7.35. The normalized spacial score (nSPS) is 15.8. The van der Waals surface area contributed by atoms with Gasteiger partial charge in [0, 0.05) is 31.9 Å². The summed E-state index contributed by atoms with van der Waals surface area (Å²) in [5.41, 5.74) is 1.86. The summed E-state index contributed by atoms with van der Waals surface area (Å²) >= 11 is 0. The van der Waals surface area contributed by atoms with Gasteiger partial charge >= 0.3 is 6.09 Å². The third-order valence-corrected chi connectivity index (χ3v) is 3.43. The molecule has 114 valence electrons. The molecular weight excluding hydrogens is 264 g/mol. The number of anilines is 1. The molecule has 0 N–H and O–H groups in total. The third kappa shape index (κ3) is 4.00. The Kier molecular flexibility index (Phi) is 4.56. The molecule has 1 aliphatic rings. The van der Waals surface area contributed by atoms with Crippen LogP contribution in [-0.2, 0) is 4.74 Å². The van der Waals surface area contributed by atoms with E-state index in [4.69, 9.17) is 4.74 Å². The molecule has 1 heterocycles. The van der Waals surface area contributed by atoms with Crippen LogP contribution >= 0.6 is 0 Å². The average Bonchev–Trinajstić information content (AvgIpc) is 2.45.